The van der Waals surface area contributed by atoms with Crippen molar-refractivity contribution in [1.29, 1.82) is 0 Å². The summed E-state index contributed by atoms with van der Waals surface area (Å²) in [5, 5.41) is 4.07. The molecule has 0 aliphatic rings. The summed E-state index contributed by atoms with van der Waals surface area (Å²) in [4.78, 5) is 17.3. The van der Waals surface area contributed by atoms with Crippen molar-refractivity contribution in [2.24, 2.45) is 0 Å². The first-order chi connectivity index (χ1) is 14.7. The van der Waals surface area contributed by atoms with Gasteiger partial charge in [0.05, 0.1) is 24.8 Å². The SMILES string of the molecule is Cc1ccccc1COCC(NC(=O)c1ccc2ncccc2c1)c1ccccc1. The number of nitrogens with one attached hydrogen (secondary N) is 1. The lowest BCUT2D eigenvalue weighted by molar-refractivity contribution is 0.0795. The lowest BCUT2D eigenvalue weighted by atomic mass is 10.1. The van der Waals surface area contributed by atoms with Crippen LogP contribution in [0, 0.1) is 6.92 Å². The van der Waals surface area contributed by atoms with E-state index in [4.69, 9.17) is 4.74 Å². The van der Waals surface area contributed by atoms with Crippen molar-refractivity contribution in [3.8, 4) is 0 Å². The van der Waals surface area contributed by atoms with Crippen LogP contribution in [0.2, 0.25) is 0 Å². The van der Waals surface area contributed by atoms with Crippen LogP contribution in [-0.4, -0.2) is 17.5 Å². The molecular weight excluding hydrogens is 372 g/mol. The monoisotopic (exact) mass is 396 g/mol. The van der Waals surface area contributed by atoms with Gasteiger partial charge in [0.2, 0.25) is 0 Å². The van der Waals surface area contributed by atoms with Gasteiger partial charge in [-0.3, -0.25) is 9.78 Å². The van der Waals surface area contributed by atoms with Gasteiger partial charge in [0.15, 0.2) is 0 Å². The molecule has 1 heterocycles. The number of hydrogen-bond acceptors (Lipinski definition) is 3. The Balaban J connectivity index is 1.49. The Bertz CT molecular complexity index is 1140. The van der Waals surface area contributed by atoms with E-state index in [1.807, 2.05) is 66.7 Å². The number of aromatic nitrogens is 1. The van der Waals surface area contributed by atoms with E-state index >= 15 is 0 Å². The van der Waals surface area contributed by atoms with E-state index in [0.717, 1.165) is 22.0 Å². The number of aryl methyl sites for hydroxylation is 1. The number of carbonyl (C=O) groups excluding carboxylic acids is 1. The number of nitrogens with zero attached hydrogens (tertiary/aromatic N) is 1. The molecule has 4 aromatic rings. The summed E-state index contributed by atoms with van der Waals surface area (Å²) in [5.41, 5.74) is 4.84. The predicted octanol–water partition coefficient (Wildman–Crippen LogP) is 5.23. The maximum absolute atomic E-state index is 13.0. The second-order valence-electron chi connectivity index (χ2n) is 7.29. The smallest absolute Gasteiger partial charge is 0.251 e. The lowest BCUT2D eigenvalue weighted by Crippen LogP contribution is -2.31. The van der Waals surface area contributed by atoms with Crippen LogP contribution in [0.25, 0.3) is 10.9 Å². The van der Waals surface area contributed by atoms with Gasteiger partial charge < -0.3 is 10.1 Å². The van der Waals surface area contributed by atoms with Crippen LogP contribution in [0.3, 0.4) is 0 Å². The van der Waals surface area contributed by atoms with Gasteiger partial charge in [-0.1, -0.05) is 60.7 Å². The van der Waals surface area contributed by atoms with Crippen molar-refractivity contribution < 1.29 is 9.53 Å². The Morgan fingerprint density at radius 3 is 2.60 bits per heavy atom. The highest BCUT2D eigenvalue weighted by atomic mass is 16.5. The van der Waals surface area contributed by atoms with Gasteiger partial charge in [0.1, 0.15) is 0 Å². The quantitative estimate of drug-likeness (QED) is 0.465. The van der Waals surface area contributed by atoms with E-state index in [1.165, 1.54) is 5.56 Å². The van der Waals surface area contributed by atoms with Crippen LogP contribution in [0.5, 0.6) is 0 Å². The van der Waals surface area contributed by atoms with Crippen LogP contribution in [0.4, 0.5) is 0 Å². The molecule has 0 bridgehead atoms. The van der Waals surface area contributed by atoms with Crippen LogP contribution < -0.4 is 5.32 Å². The molecule has 1 N–H and O–H groups in total. The standard InChI is InChI=1S/C26H24N2O2/c1-19-8-5-6-11-23(19)17-30-18-25(20-9-3-2-4-10-20)28-26(29)22-13-14-24-21(16-22)12-7-15-27-24/h2-16,25H,17-18H2,1H3,(H,28,29). The molecule has 0 saturated carbocycles. The van der Waals surface area contributed by atoms with Crippen LogP contribution in [0.1, 0.15) is 33.1 Å². The molecule has 1 atom stereocenters. The zero-order valence-electron chi connectivity index (χ0n) is 16.9. The van der Waals surface area contributed by atoms with Gasteiger partial charge in [-0.05, 0) is 47.9 Å². The van der Waals surface area contributed by atoms with Gasteiger partial charge in [-0.2, -0.15) is 0 Å². The lowest BCUT2D eigenvalue weighted by Gasteiger charge is -2.20. The molecule has 0 spiro atoms. The molecule has 0 saturated heterocycles. The molecular formula is C26H24N2O2. The van der Waals surface area contributed by atoms with Crippen molar-refractivity contribution in [3.05, 3.63) is 113 Å². The first-order valence-electron chi connectivity index (χ1n) is 10.0. The molecule has 0 aliphatic carbocycles. The van der Waals surface area contributed by atoms with Crippen molar-refractivity contribution >= 4 is 16.8 Å². The minimum Gasteiger partial charge on any atom is -0.374 e. The highest BCUT2D eigenvalue weighted by Gasteiger charge is 2.16. The fourth-order valence-corrected chi connectivity index (χ4v) is 3.42. The summed E-state index contributed by atoms with van der Waals surface area (Å²) in [6.07, 6.45) is 1.75. The molecule has 4 rings (SSSR count). The van der Waals surface area contributed by atoms with Gasteiger partial charge in [-0.15, -0.1) is 0 Å². The molecule has 4 heteroatoms. The molecule has 1 amide bonds. The zero-order valence-corrected chi connectivity index (χ0v) is 16.9. The van der Waals surface area contributed by atoms with E-state index in [0.29, 0.717) is 18.8 Å². The molecule has 0 aliphatic heterocycles. The molecule has 1 unspecified atom stereocenters. The summed E-state index contributed by atoms with van der Waals surface area (Å²) in [6, 6.07) is 27.2. The number of carbonyl (C=O) groups is 1. The van der Waals surface area contributed by atoms with E-state index in [1.54, 1.807) is 12.3 Å². The number of rotatable bonds is 7. The van der Waals surface area contributed by atoms with Crippen molar-refractivity contribution in [3.63, 3.8) is 0 Å². The number of fused-ring (bicyclic) bond motifs is 1. The Hall–Kier alpha value is -3.50. The van der Waals surface area contributed by atoms with Gasteiger partial charge in [0.25, 0.3) is 5.91 Å². The number of hydrogen-bond donors (Lipinski definition) is 1. The summed E-state index contributed by atoms with van der Waals surface area (Å²) in [7, 11) is 0. The predicted molar refractivity (Wildman–Crippen MR) is 119 cm³/mol. The second kappa shape index (κ2) is 9.33. The summed E-state index contributed by atoms with van der Waals surface area (Å²) >= 11 is 0. The number of pyridine rings is 1. The van der Waals surface area contributed by atoms with E-state index in [9.17, 15) is 4.79 Å². The normalized spacial score (nSPS) is 11.9. The molecule has 4 nitrogen and oxygen atoms in total. The minimum absolute atomic E-state index is 0.130. The largest absolute Gasteiger partial charge is 0.374 e. The molecule has 150 valence electrons. The molecule has 0 fully saturated rings. The second-order valence-corrected chi connectivity index (χ2v) is 7.29. The van der Waals surface area contributed by atoms with E-state index in [2.05, 4.69) is 29.4 Å². The maximum Gasteiger partial charge on any atom is 0.251 e. The van der Waals surface area contributed by atoms with Crippen LogP contribution in [-0.2, 0) is 11.3 Å². The summed E-state index contributed by atoms with van der Waals surface area (Å²) in [6.45, 7) is 2.97. The minimum atomic E-state index is -0.243. The van der Waals surface area contributed by atoms with Crippen LogP contribution >= 0.6 is 0 Å². The maximum atomic E-state index is 13.0. The number of ether oxygens (including phenoxy) is 1. The van der Waals surface area contributed by atoms with E-state index < -0.39 is 0 Å². The topological polar surface area (TPSA) is 51.2 Å². The highest BCUT2D eigenvalue weighted by molar-refractivity contribution is 5.98. The Morgan fingerprint density at radius 2 is 1.77 bits per heavy atom. The van der Waals surface area contributed by atoms with Gasteiger partial charge >= 0.3 is 0 Å². The highest BCUT2D eigenvalue weighted by Crippen LogP contribution is 2.18. The summed E-state index contributed by atoms with van der Waals surface area (Å²) < 4.78 is 6.00. The fraction of sp³-hybridized carbons (Fsp3) is 0.154. The Morgan fingerprint density at radius 1 is 0.967 bits per heavy atom. The molecule has 30 heavy (non-hydrogen) atoms. The summed E-state index contributed by atoms with van der Waals surface area (Å²) in [5.74, 6) is -0.130. The third kappa shape index (κ3) is 4.73. The van der Waals surface area contributed by atoms with Gasteiger partial charge in [-0.25, -0.2) is 0 Å². The zero-order chi connectivity index (χ0) is 20.8. The third-order valence-corrected chi connectivity index (χ3v) is 5.18. The third-order valence-electron chi connectivity index (χ3n) is 5.18. The Labute approximate surface area is 176 Å². The first kappa shape index (κ1) is 19.8. The van der Waals surface area contributed by atoms with E-state index in [-0.39, 0.29) is 11.9 Å². The van der Waals surface area contributed by atoms with Gasteiger partial charge in [0, 0.05) is 17.1 Å². The molecule has 3 aromatic carbocycles. The number of amides is 1. The van der Waals surface area contributed by atoms with Crippen molar-refractivity contribution in [2.45, 2.75) is 19.6 Å². The Kier molecular flexibility index (Phi) is 6.16. The average Bonchev–Trinajstić information content (AvgIpc) is 2.80. The first-order valence-corrected chi connectivity index (χ1v) is 10.0. The fourth-order valence-electron chi connectivity index (χ4n) is 3.42. The van der Waals surface area contributed by atoms with Crippen molar-refractivity contribution in [1.82, 2.24) is 10.3 Å². The molecule has 0 radical (unpaired) electrons. The van der Waals surface area contributed by atoms with Crippen molar-refractivity contribution in [2.75, 3.05) is 6.61 Å². The number of benzene rings is 3. The molecule has 1 aromatic heterocycles. The average molecular weight is 396 g/mol. The van der Waals surface area contributed by atoms with Crippen LogP contribution in [0.15, 0.2) is 91.1 Å².